The predicted molar refractivity (Wildman–Crippen MR) is 212 cm³/mol. The molecule has 3 amide bonds. The first-order chi connectivity index (χ1) is 26.9. The lowest BCUT2D eigenvalue weighted by molar-refractivity contribution is -0.0846. The summed E-state index contributed by atoms with van der Waals surface area (Å²) in [6.07, 6.45) is 4.57. The lowest BCUT2D eigenvalue weighted by Crippen LogP contribution is -2.56. The van der Waals surface area contributed by atoms with Gasteiger partial charge in [-0.05, 0) is 94.6 Å². The molecule has 1 atom stereocenters. The standard InChI is InChI=1S/C42H42ClN9O4/c1-26-19-27(2)52-38(45-26)35(22-44-52)39(53)46-33-13-11-28(12-14-33)36-23-51(48-47-36)34-15-17-49(18-16-34)40(54)30-8-5-9-31(20-30)41(55)50-24-37(56-25-42(50,3)4)29-7-6-10-32(43)21-29/h5-14,19-23,34,37H,15-18,24-25H2,1-4H3,(H,46,53). The van der Waals surface area contributed by atoms with Gasteiger partial charge in [0.1, 0.15) is 17.4 Å². The average molecular weight is 772 g/mol. The van der Waals surface area contributed by atoms with Crippen LogP contribution in [0, 0.1) is 13.8 Å². The molecule has 2 aliphatic heterocycles. The fourth-order valence-corrected chi connectivity index (χ4v) is 7.71. The molecule has 1 unspecified atom stereocenters. The monoisotopic (exact) mass is 771 g/mol. The van der Waals surface area contributed by atoms with Crippen LogP contribution in [-0.4, -0.2) is 88.9 Å². The quantitative estimate of drug-likeness (QED) is 0.184. The normalized spacial score (nSPS) is 17.3. The van der Waals surface area contributed by atoms with Crippen LogP contribution >= 0.6 is 11.6 Å². The Kier molecular flexibility index (Phi) is 9.89. The van der Waals surface area contributed by atoms with Gasteiger partial charge in [-0.3, -0.25) is 14.4 Å². The molecule has 2 aliphatic rings. The molecule has 0 radical (unpaired) electrons. The number of nitrogens with zero attached hydrogens (tertiary/aromatic N) is 8. The zero-order valence-electron chi connectivity index (χ0n) is 31.6. The second-order valence-corrected chi connectivity index (χ2v) is 15.6. The van der Waals surface area contributed by atoms with Crippen LogP contribution in [-0.2, 0) is 4.74 Å². The Morgan fingerprint density at radius 3 is 2.39 bits per heavy atom. The number of halogens is 1. The molecule has 56 heavy (non-hydrogen) atoms. The number of fused-ring (bicyclic) bond motifs is 1. The second-order valence-electron chi connectivity index (χ2n) is 15.1. The van der Waals surface area contributed by atoms with Gasteiger partial charge in [0, 0.05) is 51.9 Å². The number of morpholine rings is 1. The van der Waals surface area contributed by atoms with Gasteiger partial charge in [-0.25, -0.2) is 14.2 Å². The molecule has 0 bridgehead atoms. The molecule has 0 saturated carbocycles. The molecule has 3 aromatic heterocycles. The molecule has 3 aromatic carbocycles. The number of likely N-dealkylation sites (tertiary alicyclic amines) is 1. The third kappa shape index (κ3) is 7.39. The Balaban J connectivity index is 0.875. The summed E-state index contributed by atoms with van der Waals surface area (Å²) in [6.45, 7) is 9.61. The minimum Gasteiger partial charge on any atom is -0.369 e. The maximum absolute atomic E-state index is 14.0. The van der Waals surface area contributed by atoms with Gasteiger partial charge in [-0.1, -0.05) is 47.1 Å². The number of benzene rings is 3. The van der Waals surface area contributed by atoms with Crippen molar-refractivity contribution in [3.63, 3.8) is 0 Å². The number of amides is 3. The number of aryl methyl sites for hydroxylation is 2. The van der Waals surface area contributed by atoms with Gasteiger partial charge in [-0.2, -0.15) is 5.10 Å². The smallest absolute Gasteiger partial charge is 0.261 e. The van der Waals surface area contributed by atoms with E-state index in [2.05, 4.69) is 25.7 Å². The van der Waals surface area contributed by atoms with E-state index in [0.717, 1.165) is 22.5 Å². The van der Waals surface area contributed by atoms with Gasteiger partial charge >= 0.3 is 0 Å². The average Bonchev–Trinajstić information content (AvgIpc) is 3.86. The van der Waals surface area contributed by atoms with Crippen molar-refractivity contribution in [2.75, 3.05) is 31.6 Å². The first-order valence-corrected chi connectivity index (χ1v) is 19.1. The van der Waals surface area contributed by atoms with Gasteiger partial charge in [0.25, 0.3) is 17.7 Å². The van der Waals surface area contributed by atoms with E-state index in [1.54, 1.807) is 28.8 Å². The van der Waals surface area contributed by atoms with Crippen molar-refractivity contribution in [1.29, 1.82) is 0 Å². The molecule has 2 fully saturated rings. The maximum Gasteiger partial charge on any atom is 0.261 e. The van der Waals surface area contributed by atoms with E-state index in [9.17, 15) is 14.4 Å². The van der Waals surface area contributed by atoms with Crippen molar-refractivity contribution in [1.82, 2.24) is 39.4 Å². The highest BCUT2D eigenvalue weighted by molar-refractivity contribution is 6.30. The molecule has 0 spiro atoms. The van der Waals surface area contributed by atoms with Crippen LogP contribution in [0.5, 0.6) is 0 Å². The Morgan fingerprint density at radius 2 is 1.64 bits per heavy atom. The molecule has 13 nitrogen and oxygen atoms in total. The topological polar surface area (TPSA) is 140 Å². The number of hydrogen-bond donors (Lipinski definition) is 1. The number of aromatic nitrogens is 6. The number of ether oxygens (including phenoxy) is 1. The van der Waals surface area contributed by atoms with Gasteiger partial charge in [-0.15, -0.1) is 5.10 Å². The summed E-state index contributed by atoms with van der Waals surface area (Å²) in [7, 11) is 0. The number of carbonyl (C=O) groups is 3. The Bertz CT molecular complexity index is 2450. The summed E-state index contributed by atoms with van der Waals surface area (Å²) in [6, 6.07) is 24.0. The van der Waals surface area contributed by atoms with Crippen molar-refractivity contribution >= 4 is 40.7 Å². The zero-order chi connectivity index (χ0) is 39.1. The van der Waals surface area contributed by atoms with E-state index in [4.69, 9.17) is 16.3 Å². The van der Waals surface area contributed by atoms with Gasteiger partial charge in [0.05, 0.1) is 37.1 Å². The van der Waals surface area contributed by atoms with E-state index in [0.29, 0.717) is 77.8 Å². The van der Waals surface area contributed by atoms with Crippen LogP contribution in [0.4, 0.5) is 5.69 Å². The second kappa shape index (κ2) is 15.0. The molecular formula is C42H42ClN9O4. The van der Waals surface area contributed by atoms with Crippen molar-refractivity contribution < 1.29 is 19.1 Å². The van der Waals surface area contributed by atoms with Crippen LogP contribution < -0.4 is 5.32 Å². The van der Waals surface area contributed by atoms with Crippen LogP contribution in [0.3, 0.4) is 0 Å². The van der Waals surface area contributed by atoms with Crippen molar-refractivity contribution in [2.24, 2.45) is 0 Å². The fourth-order valence-electron chi connectivity index (χ4n) is 7.51. The number of carbonyl (C=O) groups excluding carboxylic acids is 3. The zero-order valence-corrected chi connectivity index (χ0v) is 32.4. The summed E-state index contributed by atoms with van der Waals surface area (Å²) < 4.78 is 9.69. The van der Waals surface area contributed by atoms with Gasteiger partial charge in [0.15, 0.2) is 5.65 Å². The lowest BCUT2D eigenvalue weighted by atomic mass is 9.96. The molecule has 2 saturated heterocycles. The van der Waals surface area contributed by atoms with Crippen molar-refractivity contribution in [3.8, 4) is 11.3 Å². The molecule has 8 rings (SSSR count). The summed E-state index contributed by atoms with van der Waals surface area (Å²) in [5, 5.41) is 16.7. The molecular weight excluding hydrogens is 730 g/mol. The molecule has 286 valence electrons. The van der Waals surface area contributed by atoms with E-state index in [1.807, 2.05) is 103 Å². The molecule has 6 aromatic rings. The predicted octanol–water partition coefficient (Wildman–Crippen LogP) is 6.98. The molecule has 1 N–H and O–H groups in total. The van der Waals surface area contributed by atoms with Crippen molar-refractivity contribution in [3.05, 3.63) is 130 Å². The van der Waals surface area contributed by atoms with Crippen LogP contribution in [0.15, 0.2) is 91.3 Å². The van der Waals surface area contributed by atoms with E-state index >= 15 is 0 Å². The van der Waals surface area contributed by atoms with Gasteiger partial charge < -0.3 is 19.9 Å². The largest absolute Gasteiger partial charge is 0.369 e. The Morgan fingerprint density at radius 1 is 0.911 bits per heavy atom. The maximum atomic E-state index is 14.0. The Hall–Kier alpha value is -5.92. The number of piperidine rings is 1. The fraction of sp³-hybridized carbons (Fsp3) is 0.310. The van der Waals surface area contributed by atoms with Gasteiger partial charge in [0.2, 0.25) is 0 Å². The highest BCUT2D eigenvalue weighted by Crippen LogP contribution is 2.33. The minimum absolute atomic E-state index is 0.0782. The highest BCUT2D eigenvalue weighted by Gasteiger charge is 2.39. The van der Waals surface area contributed by atoms with Crippen molar-refractivity contribution in [2.45, 2.75) is 58.2 Å². The number of hydrogen-bond acceptors (Lipinski definition) is 8. The molecule has 5 heterocycles. The number of anilines is 1. The van der Waals surface area contributed by atoms with E-state index in [-0.39, 0.29) is 29.9 Å². The summed E-state index contributed by atoms with van der Waals surface area (Å²) in [4.78, 5) is 49.0. The number of rotatable bonds is 7. The SMILES string of the molecule is Cc1cc(C)n2ncc(C(=O)Nc3ccc(-c4cn(C5CCN(C(=O)c6cccc(C(=O)N7CC(c8cccc(Cl)c8)OCC7(C)C)c6)CC5)nn4)cc3)c2n1. The van der Waals surface area contributed by atoms with Crippen LogP contribution in [0.25, 0.3) is 16.9 Å². The minimum atomic E-state index is -0.537. The lowest BCUT2D eigenvalue weighted by Gasteiger charge is -2.45. The summed E-state index contributed by atoms with van der Waals surface area (Å²) in [5.74, 6) is -0.542. The Labute approximate surface area is 329 Å². The first-order valence-electron chi connectivity index (χ1n) is 18.7. The third-order valence-electron chi connectivity index (χ3n) is 10.6. The van der Waals surface area contributed by atoms with E-state index < -0.39 is 5.54 Å². The first kappa shape index (κ1) is 37.0. The third-order valence-corrected chi connectivity index (χ3v) is 10.9. The summed E-state index contributed by atoms with van der Waals surface area (Å²) in [5.41, 5.74) is 6.16. The molecule has 14 heteroatoms. The molecule has 0 aliphatic carbocycles. The highest BCUT2D eigenvalue weighted by atomic mass is 35.5. The number of nitrogens with one attached hydrogen (secondary N) is 1. The summed E-state index contributed by atoms with van der Waals surface area (Å²) >= 11 is 6.24. The van der Waals surface area contributed by atoms with E-state index in [1.165, 1.54) is 6.20 Å². The van der Waals surface area contributed by atoms with Crippen LogP contribution in [0.2, 0.25) is 5.02 Å². The van der Waals surface area contributed by atoms with Crippen LogP contribution in [0.1, 0.15) is 86.9 Å².